The Morgan fingerprint density at radius 2 is 1.76 bits per heavy atom. The number of rotatable bonds is 10. The number of esters is 1. The minimum absolute atomic E-state index is 0.0174. The summed E-state index contributed by atoms with van der Waals surface area (Å²) in [6.45, 7) is 1.88. The first-order valence-corrected chi connectivity index (χ1v) is 11.5. The quantitative estimate of drug-likeness (QED) is 0.230. The molecule has 37 heavy (non-hydrogen) atoms. The van der Waals surface area contributed by atoms with E-state index in [-0.39, 0.29) is 17.9 Å². The molecule has 1 aliphatic carbocycles. The van der Waals surface area contributed by atoms with Crippen LogP contribution in [-0.4, -0.2) is 62.6 Å². The van der Waals surface area contributed by atoms with Crippen molar-refractivity contribution in [3.8, 4) is 5.75 Å². The Kier molecular flexibility index (Phi) is 7.55. The van der Waals surface area contributed by atoms with Gasteiger partial charge in [0.15, 0.2) is 11.7 Å². The normalized spacial score (nSPS) is 14.1. The van der Waals surface area contributed by atoms with Crippen molar-refractivity contribution in [2.24, 2.45) is 0 Å². The van der Waals surface area contributed by atoms with E-state index in [1.807, 2.05) is 30.3 Å². The molecule has 194 valence electrons. The van der Waals surface area contributed by atoms with E-state index in [0.29, 0.717) is 19.4 Å². The molecule has 1 heterocycles. The summed E-state index contributed by atoms with van der Waals surface area (Å²) < 4.78 is 47.9. The van der Waals surface area contributed by atoms with Crippen LogP contribution in [0.5, 0.6) is 5.75 Å². The zero-order chi connectivity index (χ0) is 26.6. The number of alkyl halides is 3. The number of carbonyl (C=O) groups excluding carboxylic acids is 3. The third-order valence-electron chi connectivity index (χ3n) is 5.52. The van der Waals surface area contributed by atoms with Crippen molar-refractivity contribution in [2.75, 3.05) is 6.61 Å². The van der Waals surface area contributed by atoms with Crippen LogP contribution in [0.4, 0.5) is 13.2 Å². The Hall–Kier alpha value is -4.22. The largest absolute Gasteiger partial charge is 0.573 e. The van der Waals surface area contributed by atoms with Crippen LogP contribution in [0.15, 0.2) is 60.8 Å². The van der Waals surface area contributed by atoms with Crippen molar-refractivity contribution in [3.63, 3.8) is 0 Å². The van der Waals surface area contributed by atoms with E-state index in [2.05, 4.69) is 15.0 Å². The van der Waals surface area contributed by atoms with Crippen molar-refractivity contribution < 1.29 is 37.0 Å². The lowest BCUT2D eigenvalue weighted by molar-refractivity contribution is -0.274. The van der Waals surface area contributed by atoms with E-state index in [9.17, 15) is 27.6 Å². The smallest absolute Gasteiger partial charge is 0.464 e. The lowest BCUT2D eigenvalue weighted by Gasteiger charge is -2.29. The second kappa shape index (κ2) is 10.8. The molecule has 2 aromatic carbocycles. The molecule has 4 rings (SSSR count). The van der Waals surface area contributed by atoms with Gasteiger partial charge in [-0.25, -0.2) is 9.48 Å². The van der Waals surface area contributed by atoms with Crippen LogP contribution in [0.3, 0.4) is 0 Å². The summed E-state index contributed by atoms with van der Waals surface area (Å²) in [4.78, 5) is 41.0. The molecule has 1 fully saturated rings. The van der Waals surface area contributed by atoms with Crippen LogP contribution < -0.4 is 4.74 Å². The van der Waals surface area contributed by atoms with Crippen molar-refractivity contribution >= 4 is 17.7 Å². The fourth-order valence-corrected chi connectivity index (χ4v) is 3.76. The zero-order valence-electron chi connectivity index (χ0n) is 19.7. The molecule has 1 aromatic heterocycles. The molecule has 0 saturated heterocycles. The van der Waals surface area contributed by atoms with Gasteiger partial charge in [-0.2, -0.15) is 0 Å². The predicted octanol–water partition coefficient (Wildman–Crippen LogP) is 3.64. The highest BCUT2D eigenvalue weighted by atomic mass is 19.4. The molecule has 0 spiro atoms. The van der Waals surface area contributed by atoms with Gasteiger partial charge in [0.05, 0.1) is 19.3 Å². The lowest BCUT2D eigenvalue weighted by atomic mass is 10.1. The molecular weight excluding hydrogens is 493 g/mol. The molecule has 0 N–H and O–H groups in total. The number of aromatic nitrogens is 3. The average molecular weight is 516 g/mol. The summed E-state index contributed by atoms with van der Waals surface area (Å²) in [5.41, 5.74) is 0.777. The van der Waals surface area contributed by atoms with Gasteiger partial charge in [0.25, 0.3) is 5.91 Å². The number of carbonyl (C=O) groups is 3. The monoisotopic (exact) mass is 516 g/mol. The number of ketones is 1. The maximum absolute atomic E-state index is 13.5. The first-order chi connectivity index (χ1) is 17.7. The Morgan fingerprint density at radius 1 is 1.08 bits per heavy atom. The van der Waals surface area contributed by atoms with E-state index >= 15 is 0 Å². The van der Waals surface area contributed by atoms with E-state index in [0.717, 1.165) is 34.7 Å². The number of benzene rings is 2. The van der Waals surface area contributed by atoms with Crippen LogP contribution in [-0.2, 0) is 16.1 Å². The topological polar surface area (TPSA) is 104 Å². The van der Waals surface area contributed by atoms with Gasteiger partial charge in [-0.15, -0.1) is 18.3 Å². The molecule has 1 unspecified atom stereocenters. The number of amides is 1. The molecule has 1 amide bonds. The highest BCUT2D eigenvalue weighted by Gasteiger charge is 2.46. The SMILES string of the molecule is CCOC(=O)C(C(=O)c1cn(Cc2ccccc2)nn1)N(C(=O)c1ccc(OC(F)(F)F)cc1)C1CC1. The van der Waals surface area contributed by atoms with E-state index < -0.39 is 41.9 Å². The van der Waals surface area contributed by atoms with E-state index in [4.69, 9.17) is 4.74 Å². The van der Waals surface area contributed by atoms with E-state index in [1.54, 1.807) is 6.92 Å². The number of hydrogen-bond donors (Lipinski definition) is 0. The molecule has 9 nitrogen and oxygen atoms in total. The maximum Gasteiger partial charge on any atom is 0.573 e. The van der Waals surface area contributed by atoms with Crippen LogP contribution in [0, 0.1) is 0 Å². The molecule has 0 bridgehead atoms. The summed E-state index contributed by atoms with van der Waals surface area (Å²) in [5.74, 6) is -2.91. The molecule has 1 aliphatic rings. The molecule has 0 aliphatic heterocycles. The fourth-order valence-electron chi connectivity index (χ4n) is 3.76. The van der Waals surface area contributed by atoms with Crippen molar-refractivity contribution in [2.45, 2.75) is 44.8 Å². The van der Waals surface area contributed by atoms with Gasteiger partial charge in [0, 0.05) is 11.6 Å². The molecule has 1 saturated carbocycles. The number of nitrogens with zero attached hydrogens (tertiary/aromatic N) is 4. The van der Waals surface area contributed by atoms with Crippen LogP contribution in [0.1, 0.15) is 46.2 Å². The second-order valence-corrected chi connectivity index (χ2v) is 8.32. The van der Waals surface area contributed by atoms with Crippen LogP contribution in [0.2, 0.25) is 0 Å². The van der Waals surface area contributed by atoms with Crippen LogP contribution in [0.25, 0.3) is 0 Å². The van der Waals surface area contributed by atoms with Gasteiger partial charge >= 0.3 is 12.3 Å². The summed E-state index contributed by atoms with van der Waals surface area (Å²) in [6, 6.07) is 11.5. The first-order valence-electron chi connectivity index (χ1n) is 11.5. The fraction of sp³-hybridized carbons (Fsp3) is 0.320. The minimum Gasteiger partial charge on any atom is -0.464 e. The van der Waals surface area contributed by atoms with Crippen LogP contribution >= 0.6 is 0 Å². The lowest BCUT2D eigenvalue weighted by Crippen LogP contribution is -2.52. The second-order valence-electron chi connectivity index (χ2n) is 8.32. The van der Waals surface area contributed by atoms with Gasteiger partial charge in [-0.1, -0.05) is 35.5 Å². The van der Waals surface area contributed by atoms with Gasteiger partial charge in [-0.3, -0.25) is 9.59 Å². The maximum atomic E-state index is 13.5. The zero-order valence-corrected chi connectivity index (χ0v) is 19.7. The van der Waals surface area contributed by atoms with Gasteiger partial charge in [0.1, 0.15) is 5.75 Å². The number of Topliss-reactive ketones (excluding diaryl/α,β-unsaturated/α-hetero) is 1. The molecule has 0 radical (unpaired) electrons. The average Bonchev–Trinajstić information content (AvgIpc) is 3.59. The summed E-state index contributed by atoms with van der Waals surface area (Å²) >= 11 is 0. The van der Waals surface area contributed by atoms with Crippen molar-refractivity contribution in [1.29, 1.82) is 0 Å². The highest BCUT2D eigenvalue weighted by Crippen LogP contribution is 2.32. The highest BCUT2D eigenvalue weighted by molar-refractivity contribution is 6.14. The minimum atomic E-state index is -4.88. The number of halogens is 3. The Morgan fingerprint density at radius 3 is 2.35 bits per heavy atom. The van der Waals surface area contributed by atoms with E-state index in [1.165, 1.54) is 10.9 Å². The van der Waals surface area contributed by atoms with Gasteiger partial charge < -0.3 is 14.4 Å². The third kappa shape index (κ3) is 6.51. The third-order valence-corrected chi connectivity index (χ3v) is 5.52. The Balaban J connectivity index is 1.60. The Bertz CT molecular complexity index is 1260. The molecular formula is C25H23F3N4O5. The summed E-state index contributed by atoms with van der Waals surface area (Å²) in [5, 5.41) is 7.88. The molecule has 1 atom stereocenters. The number of hydrogen-bond acceptors (Lipinski definition) is 7. The van der Waals surface area contributed by atoms with Gasteiger partial charge in [-0.05, 0) is 49.6 Å². The van der Waals surface area contributed by atoms with Gasteiger partial charge in [0.2, 0.25) is 5.78 Å². The number of ether oxygens (including phenoxy) is 2. The standard InChI is InChI=1S/C25H23F3N4O5/c1-2-36-24(35)21(22(33)20-15-31(30-29-20)14-16-6-4-3-5-7-16)32(18-10-11-18)23(34)17-8-12-19(13-9-17)37-25(26,27)28/h3-9,12-13,15,18,21H,2,10-11,14H2,1H3. The van der Waals surface area contributed by atoms with Crippen molar-refractivity contribution in [1.82, 2.24) is 19.9 Å². The summed E-state index contributed by atoms with van der Waals surface area (Å²) in [6.07, 6.45) is -2.40. The molecule has 12 heteroatoms. The predicted molar refractivity (Wildman–Crippen MR) is 123 cm³/mol. The molecule has 3 aromatic rings. The van der Waals surface area contributed by atoms with Crippen molar-refractivity contribution in [3.05, 3.63) is 77.6 Å². The Labute approximate surface area is 209 Å². The first kappa shape index (κ1) is 25.9. The summed E-state index contributed by atoms with van der Waals surface area (Å²) in [7, 11) is 0.